The molecule has 618 valence electrons. The van der Waals surface area contributed by atoms with Gasteiger partial charge in [0.15, 0.2) is 0 Å². The van der Waals surface area contributed by atoms with Crippen molar-refractivity contribution in [2.45, 2.75) is 0 Å². The lowest BCUT2D eigenvalue weighted by Crippen LogP contribution is -1.91. The van der Waals surface area contributed by atoms with Crippen LogP contribution in [0.3, 0.4) is 0 Å². The van der Waals surface area contributed by atoms with Crippen LogP contribution in [-0.2, 0) is 0 Å². The Morgan fingerprint density at radius 2 is 0.489 bits per heavy atom. The second-order valence-electron chi connectivity index (χ2n) is 32.6. The molecule has 0 spiro atoms. The highest BCUT2D eigenvalue weighted by atomic mass is 16.3. The summed E-state index contributed by atoms with van der Waals surface area (Å²) in [6.07, 6.45) is 0. The van der Waals surface area contributed by atoms with Gasteiger partial charge in [0.05, 0.1) is 42.5 Å². The molecule has 0 unspecified atom stereocenters. The highest BCUT2D eigenvalue weighted by molar-refractivity contribution is 6.29. The van der Waals surface area contributed by atoms with E-state index in [1.807, 2.05) is 109 Å². The number of benzene rings is 25. The van der Waals surface area contributed by atoms with Gasteiger partial charge in [0.25, 0.3) is 0 Å². The van der Waals surface area contributed by atoms with E-state index in [1.54, 1.807) is 109 Å². The van der Waals surface area contributed by atoms with Crippen molar-refractivity contribution in [1.82, 2.24) is 0 Å². The molecule has 3 aromatic heterocycles. The van der Waals surface area contributed by atoms with Crippen molar-refractivity contribution in [2.75, 3.05) is 0 Å². The molecule has 0 fully saturated rings. The van der Waals surface area contributed by atoms with Crippen LogP contribution in [-0.4, -0.2) is 0 Å². The summed E-state index contributed by atoms with van der Waals surface area (Å²) in [7, 11) is 0. The summed E-state index contributed by atoms with van der Waals surface area (Å²) in [5.41, 5.74) is 12.1. The molecule has 0 bridgehead atoms. The Hall–Kier alpha value is -17.5. The normalized spacial score (nSPS) is 15.0. The third kappa shape index (κ3) is 13.0. The van der Waals surface area contributed by atoms with Gasteiger partial charge in [-0.15, -0.1) is 0 Å². The zero-order valence-corrected chi connectivity index (χ0v) is 70.0. The molecule has 0 aliphatic carbocycles. The SMILES string of the molecule is [2H]c1c([2H])c([2H])c2c(-c3cccc4ccccc34)c3c([2H])c([2H])c([2H])c([2H])c3c(-c3ccc4oc5ccccc5c4c3)c2c1[2H].[2H]c1c([2H])c([2H])c2c(-c3cccc4oc5ccc(-c6ccc(-c7ccc8c(ccc9ccccc98)c7)cc6)cc5c34)c3c([2H])c([2H])c([2H])c([2H])c3c(-c3ccccc3)c2c1[2H].[2H]c1c([2H])c([2H])c2c([2H])c(-c3ccc4c(c3)oc3cccc(-c5c6c([2H])c([2H])c([2H])c([2H])c6c(-c6ccccc6)c6c([2H])c([2H])c([2H])c([2H])c56)c34)c([2H])c([2H])c2c1[2H]. The van der Waals surface area contributed by atoms with E-state index in [9.17, 15) is 16.4 Å². The fraction of sp³-hybridized carbons (Fsp3) is 0. The van der Waals surface area contributed by atoms with Crippen LogP contribution in [0.25, 0.3) is 274 Å². The van der Waals surface area contributed by atoms with Gasteiger partial charge in [0.2, 0.25) is 0 Å². The molecule has 0 amide bonds. The first-order valence-corrected chi connectivity index (χ1v) is 43.2. The summed E-state index contributed by atoms with van der Waals surface area (Å²) in [6.45, 7) is 0. The zero-order valence-electron chi connectivity index (χ0n) is 101. The lowest BCUT2D eigenvalue weighted by molar-refractivity contribution is 0.668. The van der Waals surface area contributed by atoms with E-state index in [-0.39, 0.29) is 175 Å². The van der Waals surface area contributed by atoms with Gasteiger partial charge in [-0.25, -0.2) is 0 Å². The molecule has 0 N–H and O–H groups in total. The van der Waals surface area contributed by atoms with Crippen LogP contribution in [0.4, 0.5) is 0 Å². The molecular weight excluding hydrogens is 1610 g/mol. The van der Waals surface area contributed by atoms with Crippen LogP contribution in [0.2, 0.25) is 0 Å². The minimum absolute atomic E-state index is 0.0437. The van der Waals surface area contributed by atoms with Gasteiger partial charge in [-0.3, -0.25) is 0 Å². The molecule has 28 rings (SSSR count). The van der Waals surface area contributed by atoms with E-state index in [2.05, 4.69) is 78.9 Å². The Labute approximate surface area is 810 Å². The van der Waals surface area contributed by atoms with Crippen molar-refractivity contribution in [3.63, 3.8) is 0 Å². The Morgan fingerprint density at radius 3 is 1.05 bits per heavy atom. The second-order valence-corrected chi connectivity index (χ2v) is 32.6. The largest absolute Gasteiger partial charge is 0.456 e. The third-order valence-corrected chi connectivity index (χ3v) is 25.3. The Bertz CT molecular complexity index is 11400. The zero-order chi connectivity index (χ0) is 115. The van der Waals surface area contributed by atoms with Gasteiger partial charge in [-0.1, -0.05) is 418 Å². The van der Waals surface area contributed by atoms with Crippen molar-refractivity contribution in [3.8, 4) is 100 Å². The minimum atomic E-state index is -0.571. The maximum Gasteiger partial charge on any atom is 0.136 e. The lowest BCUT2D eigenvalue weighted by atomic mass is 9.84. The van der Waals surface area contributed by atoms with Gasteiger partial charge in [-0.05, 0) is 275 Å². The number of rotatable bonds is 9. The molecule has 0 aliphatic rings. The molecule has 3 heteroatoms. The van der Waals surface area contributed by atoms with Crippen molar-refractivity contribution in [1.29, 1.82) is 0 Å². The third-order valence-electron chi connectivity index (χ3n) is 25.3. The molecule has 3 heterocycles. The summed E-state index contributed by atoms with van der Waals surface area (Å²) in [6, 6.07) is 80.2. The monoisotopic (exact) mass is 1720 g/mol. The first kappa shape index (κ1) is 51.5. The molecular formula is C130H80O3. The molecule has 28 aromatic rings. The van der Waals surface area contributed by atoms with Gasteiger partial charge in [-0.2, -0.15) is 0 Å². The van der Waals surface area contributed by atoms with Gasteiger partial charge in [0.1, 0.15) is 33.5 Å². The number of furan rings is 3. The summed E-state index contributed by atoms with van der Waals surface area (Å²) in [4.78, 5) is 0. The van der Waals surface area contributed by atoms with Crippen molar-refractivity contribution in [2.24, 2.45) is 0 Å². The Morgan fingerprint density at radius 1 is 0.143 bits per heavy atom. The highest BCUT2D eigenvalue weighted by Crippen LogP contribution is 2.52. The van der Waals surface area contributed by atoms with Gasteiger partial charge >= 0.3 is 0 Å². The predicted molar refractivity (Wildman–Crippen MR) is 565 cm³/mol. The van der Waals surface area contributed by atoms with E-state index < -0.39 is 121 Å². The van der Waals surface area contributed by atoms with Crippen molar-refractivity contribution < 1.29 is 55.7 Å². The summed E-state index contributed by atoms with van der Waals surface area (Å²) < 4.78 is 295. The topological polar surface area (TPSA) is 39.4 Å². The van der Waals surface area contributed by atoms with Crippen LogP contribution >= 0.6 is 0 Å². The summed E-state index contributed by atoms with van der Waals surface area (Å²) in [5, 5.41) is 11.8. The van der Waals surface area contributed by atoms with E-state index >= 15 is 0 Å². The van der Waals surface area contributed by atoms with E-state index in [0.717, 1.165) is 49.2 Å². The van der Waals surface area contributed by atoms with Crippen molar-refractivity contribution in [3.05, 3.63) is 485 Å². The molecule has 0 saturated carbocycles. The number of para-hydroxylation sites is 1. The van der Waals surface area contributed by atoms with Gasteiger partial charge in [0, 0.05) is 32.3 Å². The second kappa shape index (κ2) is 31.8. The quantitative estimate of drug-likeness (QED) is 0.107. The standard InChI is InChI=1S/C52H32O.C42H26O.C36H22O/c1-2-12-36(13-3-1)50-42-15-6-8-17-44(42)51(45-18-9-7-16-43(45)50)46-19-10-20-49-52(46)47-32-38(28-30-48(47)53-49)34-23-21-33(22-24-34)37-27-29-41-39(31-37)26-25-35-11-4-5-14-40(35)41;1-2-12-28(13-3-1)40-32-15-6-8-17-34(32)41(35-18-9-7-16-33(35)40)37-19-10-20-38-42(37)36-24-23-31(26-39(36)43-38)30-22-21-27-11-4-5-14-29(27)25-30;1-2-12-25-23(10-1)11-9-18-27(25)36-30-16-5-3-14-28(30)35(29-15-4-6-17-31(29)36)24-20-21-34-32(22-24)26-13-7-8-19-33(26)37-34/h1-32H;1-26H;1-22H/i6D,7D,8D,9D,15D,16D,17D,18D;4D,5D,6D,7D,8D,9D,11D,14D,15D,16D,17D,18D,21D,22D,25D;3D,4D,5D,6D,14D,15D,16D,17D. The van der Waals surface area contributed by atoms with E-state index in [1.165, 1.54) is 21.5 Å². The molecule has 0 atom stereocenters. The maximum absolute atomic E-state index is 9.40. The van der Waals surface area contributed by atoms with Crippen molar-refractivity contribution >= 4 is 174 Å². The number of hydrogen-bond donors (Lipinski definition) is 0. The average Bonchev–Trinajstić information content (AvgIpc) is 1.02. The van der Waals surface area contributed by atoms with Gasteiger partial charge < -0.3 is 13.3 Å². The minimum Gasteiger partial charge on any atom is -0.456 e. The lowest BCUT2D eigenvalue weighted by Gasteiger charge is -2.18. The fourth-order valence-electron chi connectivity index (χ4n) is 19.5. The smallest absolute Gasteiger partial charge is 0.136 e. The first-order chi connectivity index (χ1) is 78.9. The molecule has 133 heavy (non-hydrogen) atoms. The van der Waals surface area contributed by atoms with Crippen LogP contribution in [0.1, 0.15) is 42.5 Å². The Balaban J connectivity index is 0.000000122. The molecule has 25 aromatic carbocycles. The van der Waals surface area contributed by atoms with E-state index in [4.69, 9.17) is 39.3 Å². The van der Waals surface area contributed by atoms with E-state index in [0.29, 0.717) is 94.1 Å². The fourth-order valence-corrected chi connectivity index (χ4v) is 19.5. The molecule has 3 nitrogen and oxygen atoms in total. The number of fused-ring (bicyclic) bond motifs is 20. The molecule has 0 aliphatic heterocycles. The molecule has 0 saturated heterocycles. The summed E-state index contributed by atoms with van der Waals surface area (Å²) in [5.74, 6) is 0. The predicted octanol–water partition coefficient (Wildman–Crippen LogP) is 37.3. The molecule has 0 radical (unpaired) electrons. The van der Waals surface area contributed by atoms with Crippen LogP contribution in [0, 0.1) is 0 Å². The highest BCUT2D eigenvalue weighted by Gasteiger charge is 2.26. The maximum atomic E-state index is 9.40. The van der Waals surface area contributed by atoms with Crippen LogP contribution < -0.4 is 0 Å². The average molecular weight is 1720 g/mol. The first-order valence-electron chi connectivity index (χ1n) is 58.7. The Kier molecular flexibility index (Phi) is 12.3. The summed E-state index contributed by atoms with van der Waals surface area (Å²) >= 11 is 0. The van der Waals surface area contributed by atoms with Crippen LogP contribution in [0.15, 0.2) is 498 Å². The number of hydrogen-bond acceptors (Lipinski definition) is 3. The van der Waals surface area contributed by atoms with Crippen LogP contribution in [0.5, 0.6) is 0 Å².